The number of aromatic amines is 1. The van der Waals surface area contributed by atoms with Crippen LogP contribution in [0.5, 0.6) is 0 Å². The van der Waals surface area contributed by atoms with Gasteiger partial charge in [0.15, 0.2) is 0 Å². The Bertz CT molecular complexity index is 1100. The summed E-state index contributed by atoms with van der Waals surface area (Å²) >= 11 is 0. The largest absolute Gasteiger partial charge is 0.361 e. The molecular weight excluding hydrogens is 345 g/mol. The smallest absolute Gasteiger partial charge is 0.257 e. The van der Waals surface area contributed by atoms with E-state index in [-0.39, 0.29) is 11.7 Å². The Morgan fingerprint density at radius 1 is 1.19 bits per heavy atom. The van der Waals surface area contributed by atoms with E-state index in [4.69, 9.17) is 4.52 Å². The average molecular weight is 363 g/mol. The third kappa shape index (κ3) is 3.33. The lowest BCUT2D eigenvalue weighted by Crippen LogP contribution is -2.26. The molecule has 2 aromatic heterocycles. The van der Waals surface area contributed by atoms with Crippen molar-refractivity contribution in [3.63, 3.8) is 0 Å². The van der Waals surface area contributed by atoms with Gasteiger partial charge in [-0.1, -0.05) is 23.4 Å². The predicted molar refractivity (Wildman–Crippen MR) is 101 cm³/mol. The van der Waals surface area contributed by atoms with Crippen LogP contribution in [0.15, 0.2) is 59.3 Å². The first-order valence-electron chi connectivity index (χ1n) is 8.69. The summed E-state index contributed by atoms with van der Waals surface area (Å²) in [5.74, 6) is -0.171. The van der Waals surface area contributed by atoms with Crippen LogP contribution in [-0.2, 0) is 6.42 Å². The van der Waals surface area contributed by atoms with Gasteiger partial charge in [-0.2, -0.15) is 0 Å². The molecule has 136 valence electrons. The molecule has 2 N–H and O–H groups in total. The van der Waals surface area contributed by atoms with Crippen LogP contribution in [-0.4, -0.2) is 22.6 Å². The second-order valence-corrected chi connectivity index (χ2v) is 6.33. The second-order valence-electron chi connectivity index (χ2n) is 6.33. The number of hydrogen-bond donors (Lipinski definition) is 2. The Hall–Kier alpha value is -3.41. The van der Waals surface area contributed by atoms with Crippen LogP contribution in [0, 0.1) is 12.7 Å². The molecule has 0 aliphatic rings. The molecule has 0 saturated carbocycles. The summed E-state index contributed by atoms with van der Waals surface area (Å²) in [6.07, 6.45) is 2.66. The first-order chi connectivity index (χ1) is 13.1. The average Bonchev–Trinajstić information content (AvgIpc) is 3.26. The van der Waals surface area contributed by atoms with Crippen LogP contribution in [0.4, 0.5) is 4.39 Å². The number of halogens is 1. The lowest BCUT2D eigenvalue weighted by molar-refractivity contribution is 0.0953. The molecule has 1 amide bonds. The highest BCUT2D eigenvalue weighted by molar-refractivity contribution is 6.00. The van der Waals surface area contributed by atoms with Crippen molar-refractivity contribution < 1.29 is 13.7 Å². The van der Waals surface area contributed by atoms with E-state index in [0.717, 1.165) is 16.5 Å². The number of aryl methyl sites for hydroxylation is 1. The maximum atomic E-state index is 13.2. The van der Waals surface area contributed by atoms with Gasteiger partial charge in [-0.25, -0.2) is 4.39 Å². The van der Waals surface area contributed by atoms with E-state index in [1.807, 2.05) is 24.4 Å². The Morgan fingerprint density at radius 3 is 2.78 bits per heavy atom. The number of nitrogens with zero attached hydrogens (tertiary/aromatic N) is 1. The van der Waals surface area contributed by atoms with E-state index < -0.39 is 0 Å². The number of H-pyrrole nitrogens is 1. The van der Waals surface area contributed by atoms with Gasteiger partial charge in [0.05, 0.1) is 0 Å². The summed E-state index contributed by atoms with van der Waals surface area (Å²) in [6.45, 7) is 2.17. The molecule has 0 spiro atoms. The van der Waals surface area contributed by atoms with Gasteiger partial charge in [0.1, 0.15) is 22.8 Å². The van der Waals surface area contributed by atoms with Crippen LogP contribution in [0.2, 0.25) is 0 Å². The molecule has 4 rings (SSSR count). The number of fused-ring (bicyclic) bond motifs is 1. The zero-order valence-corrected chi connectivity index (χ0v) is 14.8. The van der Waals surface area contributed by atoms with Gasteiger partial charge < -0.3 is 14.8 Å². The van der Waals surface area contributed by atoms with Crippen LogP contribution < -0.4 is 5.32 Å². The normalized spacial score (nSPS) is 11.0. The summed E-state index contributed by atoms with van der Waals surface area (Å²) in [5.41, 5.74) is 3.65. The molecule has 5 nitrogen and oxygen atoms in total. The molecule has 2 aromatic carbocycles. The number of hydrogen-bond acceptors (Lipinski definition) is 3. The van der Waals surface area contributed by atoms with Crippen molar-refractivity contribution in [2.75, 3.05) is 6.54 Å². The summed E-state index contributed by atoms with van der Waals surface area (Å²) in [6, 6.07) is 13.9. The van der Waals surface area contributed by atoms with Crippen molar-refractivity contribution in [2.45, 2.75) is 13.3 Å². The number of nitrogens with one attached hydrogen (secondary N) is 2. The van der Waals surface area contributed by atoms with Gasteiger partial charge in [0, 0.05) is 29.2 Å². The number of aromatic nitrogens is 2. The molecule has 0 bridgehead atoms. The van der Waals surface area contributed by atoms with Gasteiger partial charge in [-0.15, -0.1) is 0 Å². The number of benzene rings is 2. The number of para-hydroxylation sites is 1. The SMILES string of the molecule is Cc1onc(-c2ccc(F)cc2)c1C(=O)NCCc1c[nH]c2ccccc12. The van der Waals surface area contributed by atoms with Crippen LogP contribution in [0.1, 0.15) is 21.7 Å². The predicted octanol–water partition coefficient (Wildman–Crippen LogP) is 4.24. The van der Waals surface area contributed by atoms with Crippen LogP contribution in [0.3, 0.4) is 0 Å². The Labute approximate surface area is 155 Å². The molecule has 6 heteroatoms. The third-order valence-electron chi connectivity index (χ3n) is 4.56. The Balaban J connectivity index is 1.49. The maximum Gasteiger partial charge on any atom is 0.257 e. The molecule has 0 radical (unpaired) electrons. The highest BCUT2D eigenvalue weighted by Crippen LogP contribution is 2.25. The molecule has 0 fully saturated rings. The molecule has 0 saturated heterocycles. The molecule has 0 aliphatic carbocycles. The van der Waals surface area contributed by atoms with Crippen LogP contribution in [0.25, 0.3) is 22.2 Å². The van der Waals surface area contributed by atoms with Gasteiger partial charge in [-0.3, -0.25) is 4.79 Å². The minimum absolute atomic E-state index is 0.257. The number of amides is 1. The van der Waals surface area contributed by atoms with Crippen molar-refractivity contribution in [1.29, 1.82) is 0 Å². The monoisotopic (exact) mass is 363 g/mol. The van der Waals surface area contributed by atoms with E-state index in [9.17, 15) is 9.18 Å². The van der Waals surface area contributed by atoms with Crippen molar-refractivity contribution in [3.05, 3.63) is 77.4 Å². The number of carbonyl (C=O) groups excluding carboxylic acids is 1. The molecule has 27 heavy (non-hydrogen) atoms. The maximum absolute atomic E-state index is 13.2. The van der Waals surface area contributed by atoms with Crippen molar-refractivity contribution in [2.24, 2.45) is 0 Å². The van der Waals surface area contributed by atoms with Gasteiger partial charge >= 0.3 is 0 Å². The van der Waals surface area contributed by atoms with E-state index in [1.165, 1.54) is 12.1 Å². The molecule has 0 unspecified atom stereocenters. The fraction of sp³-hybridized carbons (Fsp3) is 0.143. The zero-order chi connectivity index (χ0) is 18.8. The highest BCUT2D eigenvalue weighted by Gasteiger charge is 2.21. The standard InChI is InChI=1S/C21H18FN3O2/c1-13-19(20(25-27-13)14-6-8-16(22)9-7-14)21(26)23-11-10-15-12-24-18-5-3-2-4-17(15)18/h2-9,12,24H,10-11H2,1H3,(H,23,26). The molecule has 4 aromatic rings. The number of rotatable bonds is 5. The second kappa shape index (κ2) is 7.07. The quantitative estimate of drug-likeness (QED) is 0.557. The van der Waals surface area contributed by atoms with Gasteiger partial charge in [0.25, 0.3) is 5.91 Å². The summed E-state index contributed by atoms with van der Waals surface area (Å²) in [7, 11) is 0. The fourth-order valence-electron chi connectivity index (χ4n) is 3.18. The van der Waals surface area contributed by atoms with Gasteiger partial charge in [0.2, 0.25) is 0 Å². The van der Waals surface area contributed by atoms with E-state index >= 15 is 0 Å². The topological polar surface area (TPSA) is 70.9 Å². The minimum Gasteiger partial charge on any atom is -0.361 e. The molecular formula is C21H18FN3O2. The highest BCUT2D eigenvalue weighted by atomic mass is 19.1. The number of carbonyl (C=O) groups is 1. The summed E-state index contributed by atoms with van der Waals surface area (Å²) in [4.78, 5) is 15.9. The fourth-order valence-corrected chi connectivity index (χ4v) is 3.18. The third-order valence-corrected chi connectivity index (χ3v) is 4.56. The van der Waals surface area contributed by atoms with Crippen molar-refractivity contribution >= 4 is 16.8 Å². The first kappa shape index (κ1) is 17.0. The van der Waals surface area contributed by atoms with E-state index in [2.05, 4.69) is 21.5 Å². The Morgan fingerprint density at radius 2 is 1.96 bits per heavy atom. The summed E-state index contributed by atoms with van der Waals surface area (Å²) in [5, 5.41) is 8.05. The van der Waals surface area contributed by atoms with E-state index in [0.29, 0.717) is 35.5 Å². The van der Waals surface area contributed by atoms with Gasteiger partial charge in [-0.05, 0) is 49.2 Å². The van der Waals surface area contributed by atoms with Crippen molar-refractivity contribution in [3.8, 4) is 11.3 Å². The lowest BCUT2D eigenvalue weighted by Gasteiger charge is -2.06. The minimum atomic E-state index is -0.344. The Kier molecular flexibility index (Phi) is 4.46. The zero-order valence-electron chi connectivity index (χ0n) is 14.8. The first-order valence-corrected chi connectivity index (χ1v) is 8.69. The molecule has 0 aliphatic heterocycles. The van der Waals surface area contributed by atoms with E-state index in [1.54, 1.807) is 19.1 Å². The van der Waals surface area contributed by atoms with Crippen LogP contribution >= 0.6 is 0 Å². The molecule has 2 heterocycles. The van der Waals surface area contributed by atoms with Crippen molar-refractivity contribution in [1.82, 2.24) is 15.5 Å². The summed E-state index contributed by atoms with van der Waals surface area (Å²) < 4.78 is 18.4. The molecule has 0 atom stereocenters. The lowest BCUT2D eigenvalue weighted by atomic mass is 10.1.